The predicted molar refractivity (Wildman–Crippen MR) is 138 cm³/mol. The van der Waals surface area contributed by atoms with Gasteiger partial charge in [0.2, 0.25) is 10.0 Å². The number of fused-ring (bicyclic) bond motifs is 1. The Morgan fingerprint density at radius 3 is 2.64 bits per heavy atom. The normalized spacial score (nSPS) is 18.9. The number of nitrogens with zero attached hydrogens (tertiary/aromatic N) is 3. The molecule has 13 heteroatoms. The molecule has 0 aliphatic carbocycles. The molecule has 11 nitrogen and oxygen atoms in total. The summed E-state index contributed by atoms with van der Waals surface area (Å²) in [4.78, 5) is 23.0. The van der Waals surface area contributed by atoms with Crippen LogP contribution in [0, 0.1) is 5.82 Å². The molecule has 0 saturated carbocycles. The number of ether oxygens (including phenoxy) is 2. The number of amides is 1. The molecule has 2 saturated heterocycles. The molecule has 0 radical (unpaired) electrons. The Balaban J connectivity index is 1.59. The van der Waals surface area contributed by atoms with Crippen LogP contribution in [0.15, 0.2) is 41.6 Å². The van der Waals surface area contributed by atoms with Crippen LogP contribution in [0.3, 0.4) is 0 Å². The number of hydroxylamine groups is 1. The van der Waals surface area contributed by atoms with Gasteiger partial charge in [0, 0.05) is 50.9 Å². The number of pyridine rings is 1. The van der Waals surface area contributed by atoms with Gasteiger partial charge < -0.3 is 19.1 Å². The SMILES string of the molecule is O=C(NOC1CCCCO1)c1ncc2c(c(S(=O)(=O)N3CCOCC3)cn2Cc2ccc(F)cc2)c1CCO. The molecular weight excluding hydrogens is 531 g/mol. The lowest BCUT2D eigenvalue weighted by atomic mass is 10.1. The molecule has 0 bridgehead atoms. The van der Waals surface area contributed by atoms with Gasteiger partial charge in [-0.1, -0.05) is 12.1 Å². The highest BCUT2D eigenvalue weighted by molar-refractivity contribution is 7.89. The lowest BCUT2D eigenvalue weighted by Gasteiger charge is -2.26. The zero-order valence-electron chi connectivity index (χ0n) is 21.3. The third kappa shape index (κ3) is 5.98. The third-order valence-electron chi connectivity index (χ3n) is 6.84. The second-order valence-corrected chi connectivity index (χ2v) is 11.3. The molecule has 39 heavy (non-hydrogen) atoms. The van der Waals surface area contributed by atoms with E-state index < -0.39 is 22.2 Å². The second-order valence-electron chi connectivity index (χ2n) is 9.43. The maximum Gasteiger partial charge on any atom is 0.293 e. The van der Waals surface area contributed by atoms with Crippen molar-refractivity contribution < 1.29 is 37.0 Å². The quantitative estimate of drug-likeness (QED) is 0.379. The number of hydrogen-bond acceptors (Lipinski definition) is 8. The summed E-state index contributed by atoms with van der Waals surface area (Å²) in [5.41, 5.74) is 3.82. The first-order valence-electron chi connectivity index (χ1n) is 12.9. The first-order chi connectivity index (χ1) is 18.9. The number of halogens is 1. The first kappa shape index (κ1) is 27.6. The Morgan fingerprint density at radius 2 is 1.95 bits per heavy atom. The van der Waals surface area contributed by atoms with Crippen molar-refractivity contribution in [2.75, 3.05) is 39.5 Å². The molecular formula is C26H31FN4O7S. The van der Waals surface area contributed by atoms with E-state index in [2.05, 4.69) is 10.5 Å². The van der Waals surface area contributed by atoms with Gasteiger partial charge in [-0.15, -0.1) is 0 Å². The number of sulfonamides is 1. The maximum atomic E-state index is 13.9. The van der Waals surface area contributed by atoms with Crippen LogP contribution in [0.1, 0.15) is 40.9 Å². The number of morpholine rings is 1. The van der Waals surface area contributed by atoms with Crippen molar-refractivity contribution in [3.63, 3.8) is 0 Å². The smallest absolute Gasteiger partial charge is 0.293 e. The Hall–Kier alpha value is -2.94. The number of carbonyl (C=O) groups is 1. The minimum Gasteiger partial charge on any atom is -0.396 e. The lowest BCUT2D eigenvalue weighted by Crippen LogP contribution is -2.40. The third-order valence-corrected chi connectivity index (χ3v) is 8.75. The summed E-state index contributed by atoms with van der Waals surface area (Å²) >= 11 is 0. The van der Waals surface area contributed by atoms with Gasteiger partial charge in [0.25, 0.3) is 5.91 Å². The maximum absolute atomic E-state index is 13.9. The van der Waals surface area contributed by atoms with Gasteiger partial charge in [0.1, 0.15) is 16.4 Å². The molecule has 2 N–H and O–H groups in total. The number of carbonyl (C=O) groups excluding carboxylic acids is 1. The number of aromatic nitrogens is 2. The van der Waals surface area contributed by atoms with Crippen LogP contribution in [0.4, 0.5) is 4.39 Å². The average Bonchev–Trinajstić information content (AvgIpc) is 3.34. The molecule has 4 heterocycles. The van der Waals surface area contributed by atoms with Gasteiger partial charge in [-0.05, 0) is 42.5 Å². The zero-order valence-corrected chi connectivity index (χ0v) is 22.2. The summed E-state index contributed by atoms with van der Waals surface area (Å²) in [7, 11) is -4.00. The molecule has 1 atom stereocenters. The molecule has 3 aromatic rings. The minimum atomic E-state index is -4.00. The summed E-state index contributed by atoms with van der Waals surface area (Å²) in [5.74, 6) is -1.05. The van der Waals surface area contributed by atoms with Crippen molar-refractivity contribution in [1.82, 2.24) is 19.3 Å². The van der Waals surface area contributed by atoms with Gasteiger partial charge in [-0.25, -0.2) is 28.1 Å². The highest BCUT2D eigenvalue weighted by Gasteiger charge is 2.32. The standard InChI is InChI=1S/C26H31FN4O7S/c27-19-6-4-18(5-7-19)16-30-17-22(39(34,35)31-9-13-36-14-10-31)24-20(8-11-32)25(28-15-21(24)30)26(33)29-38-23-3-1-2-12-37-23/h4-7,15,17,23,32H,1-3,8-14,16H2,(H,29,33). The van der Waals surface area contributed by atoms with Crippen molar-refractivity contribution in [3.05, 3.63) is 59.3 Å². The van der Waals surface area contributed by atoms with E-state index in [-0.39, 0.29) is 67.8 Å². The van der Waals surface area contributed by atoms with Crippen molar-refractivity contribution in [2.24, 2.45) is 0 Å². The summed E-state index contributed by atoms with van der Waals surface area (Å²) in [6.45, 7) is 1.35. The molecule has 1 aromatic carbocycles. The van der Waals surface area contributed by atoms with E-state index in [1.165, 1.54) is 28.8 Å². The lowest BCUT2D eigenvalue weighted by molar-refractivity contribution is -0.186. The largest absolute Gasteiger partial charge is 0.396 e. The van der Waals surface area contributed by atoms with E-state index in [9.17, 15) is 22.7 Å². The predicted octanol–water partition coefficient (Wildman–Crippen LogP) is 1.97. The monoisotopic (exact) mass is 562 g/mol. The highest BCUT2D eigenvalue weighted by atomic mass is 32.2. The van der Waals surface area contributed by atoms with Crippen LogP contribution in [0.25, 0.3) is 10.9 Å². The fraction of sp³-hybridized carbons (Fsp3) is 0.462. The van der Waals surface area contributed by atoms with E-state index in [4.69, 9.17) is 14.3 Å². The molecule has 0 spiro atoms. The average molecular weight is 563 g/mol. The molecule has 1 amide bonds. The molecule has 2 fully saturated rings. The molecule has 5 rings (SSSR count). The molecule has 2 aromatic heterocycles. The van der Waals surface area contributed by atoms with Gasteiger partial charge in [-0.3, -0.25) is 4.79 Å². The van der Waals surface area contributed by atoms with Crippen LogP contribution < -0.4 is 5.48 Å². The fourth-order valence-corrected chi connectivity index (χ4v) is 6.53. The van der Waals surface area contributed by atoms with Crippen LogP contribution >= 0.6 is 0 Å². The van der Waals surface area contributed by atoms with E-state index in [0.29, 0.717) is 23.9 Å². The number of nitrogens with one attached hydrogen (secondary N) is 1. The summed E-state index contributed by atoms with van der Waals surface area (Å²) < 4.78 is 55.1. The minimum absolute atomic E-state index is 0.00190. The van der Waals surface area contributed by atoms with Crippen LogP contribution in [-0.4, -0.2) is 79.1 Å². The Kier molecular flexibility index (Phi) is 8.54. The summed E-state index contributed by atoms with van der Waals surface area (Å²) in [5, 5.41) is 10.2. The molecule has 2 aliphatic rings. The van der Waals surface area contributed by atoms with Crippen molar-refractivity contribution >= 4 is 26.8 Å². The van der Waals surface area contributed by atoms with Crippen molar-refractivity contribution in [2.45, 2.75) is 43.4 Å². The number of rotatable bonds is 9. The zero-order chi connectivity index (χ0) is 27.4. The van der Waals surface area contributed by atoms with Gasteiger partial charge in [-0.2, -0.15) is 4.31 Å². The van der Waals surface area contributed by atoms with Crippen LogP contribution in [0.2, 0.25) is 0 Å². The number of aliphatic hydroxyl groups excluding tert-OH is 1. The number of hydrogen-bond donors (Lipinski definition) is 2. The van der Waals surface area contributed by atoms with E-state index in [1.54, 1.807) is 16.7 Å². The number of aliphatic hydroxyl groups is 1. The molecule has 210 valence electrons. The van der Waals surface area contributed by atoms with E-state index >= 15 is 0 Å². The van der Waals surface area contributed by atoms with Gasteiger partial charge in [0.05, 0.1) is 24.9 Å². The van der Waals surface area contributed by atoms with E-state index in [1.807, 2.05) is 0 Å². The molecule has 2 aliphatic heterocycles. The van der Waals surface area contributed by atoms with Crippen molar-refractivity contribution in [3.8, 4) is 0 Å². The summed E-state index contributed by atoms with van der Waals surface area (Å²) in [6.07, 6.45) is 4.80. The fourth-order valence-electron chi connectivity index (χ4n) is 4.87. The van der Waals surface area contributed by atoms with Gasteiger partial charge in [0.15, 0.2) is 6.29 Å². The first-order valence-corrected chi connectivity index (χ1v) is 14.3. The van der Waals surface area contributed by atoms with Crippen LogP contribution in [-0.2, 0) is 37.3 Å². The van der Waals surface area contributed by atoms with Crippen LogP contribution in [0.5, 0.6) is 0 Å². The summed E-state index contributed by atoms with van der Waals surface area (Å²) in [6, 6.07) is 5.90. The highest BCUT2D eigenvalue weighted by Crippen LogP contribution is 2.33. The Bertz CT molecular complexity index is 1420. The second kappa shape index (κ2) is 12.1. The topological polar surface area (TPSA) is 132 Å². The number of benzene rings is 1. The van der Waals surface area contributed by atoms with E-state index in [0.717, 1.165) is 18.4 Å². The van der Waals surface area contributed by atoms with Gasteiger partial charge >= 0.3 is 0 Å². The molecule has 1 unspecified atom stereocenters. The Morgan fingerprint density at radius 1 is 1.18 bits per heavy atom. The Labute approximate surface area is 225 Å². The van der Waals surface area contributed by atoms with Crippen molar-refractivity contribution in [1.29, 1.82) is 0 Å².